The minimum atomic E-state index is -0.623. The zero-order valence-electron chi connectivity index (χ0n) is 9.52. The highest BCUT2D eigenvalue weighted by Gasteiger charge is 2.14. The molecule has 0 atom stereocenters. The van der Waals surface area contributed by atoms with Gasteiger partial charge < -0.3 is 9.64 Å². The summed E-state index contributed by atoms with van der Waals surface area (Å²) in [5.74, 6) is 1.49. The first-order chi connectivity index (χ1) is 8.19. The van der Waals surface area contributed by atoms with Crippen LogP contribution in [0.3, 0.4) is 0 Å². The van der Waals surface area contributed by atoms with Gasteiger partial charge in [0.2, 0.25) is 5.95 Å². The second-order valence-corrected chi connectivity index (χ2v) is 3.29. The van der Waals surface area contributed by atoms with Crippen LogP contribution in [0, 0.1) is 18.3 Å². The predicted octanol–water partition coefficient (Wildman–Crippen LogP) is 0.942. The van der Waals surface area contributed by atoms with E-state index in [9.17, 15) is 9.18 Å². The van der Waals surface area contributed by atoms with E-state index in [4.69, 9.17) is 11.2 Å². The molecule has 0 radical (unpaired) electrons. The van der Waals surface area contributed by atoms with Gasteiger partial charge in [-0.05, 0) is 12.1 Å². The van der Waals surface area contributed by atoms with Crippen molar-refractivity contribution in [3.63, 3.8) is 0 Å². The van der Waals surface area contributed by atoms with Crippen molar-refractivity contribution in [1.82, 2.24) is 9.88 Å². The van der Waals surface area contributed by atoms with Crippen molar-refractivity contribution >= 4 is 5.91 Å². The average molecular weight is 236 g/mol. The molecule has 0 aliphatic heterocycles. The van der Waals surface area contributed by atoms with E-state index in [0.29, 0.717) is 18.7 Å². The van der Waals surface area contributed by atoms with Crippen molar-refractivity contribution in [3.05, 3.63) is 29.8 Å². The number of hydrogen-bond acceptors (Lipinski definition) is 3. The maximum atomic E-state index is 12.6. The summed E-state index contributed by atoms with van der Waals surface area (Å²) in [4.78, 5) is 16.8. The van der Waals surface area contributed by atoms with Crippen LogP contribution in [0.4, 0.5) is 4.39 Å². The van der Waals surface area contributed by atoms with E-state index in [1.54, 1.807) is 0 Å². The van der Waals surface area contributed by atoms with E-state index in [2.05, 4.69) is 10.9 Å². The third-order valence-electron chi connectivity index (χ3n) is 2.11. The Bertz CT molecular complexity index is 412. The van der Waals surface area contributed by atoms with Gasteiger partial charge in [0.1, 0.15) is 0 Å². The molecule has 1 aromatic heterocycles. The molecule has 4 nitrogen and oxygen atoms in total. The maximum Gasteiger partial charge on any atom is 0.256 e. The molecule has 0 bridgehead atoms. The van der Waals surface area contributed by atoms with Gasteiger partial charge in [-0.2, -0.15) is 4.39 Å². The fourth-order valence-corrected chi connectivity index (χ4v) is 1.25. The third-order valence-corrected chi connectivity index (χ3v) is 2.11. The lowest BCUT2D eigenvalue weighted by Crippen LogP contribution is -2.34. The fraction of sp³-hybridized carbons (Fsp3) is 0.333. The highest BCUT2D eigenvalue weighted by molar-refractivity contribution is 5.94. The Morgan fingerprint density at radius 3 is 2.94 bits per heavy atom. The largest absolute Gasteiger partial charge is 0.383 e. The van der Waals surface area contributed by atoms with Crippen LogP contribution in [-0.4, -0.2) is 42.6 Å². The monoisotopic (exact) mass is 236 g/mol. The van der Waals surface area contributed by atoms with Crippen molar-refractivity contribution in [3.8, 4) is 12.3 Å². The van der Waals surface area contributed by atoms with Crippen molar-refractivity contribution in [1.29, 1.82) is 0 Å². The second kappa shape index (κ2) is 6.61. The summed E-state index contributed by atoms with van der Waals surface area (Å²) in [5, 5.41) is 0. The number of carbonyl (C=O) groups excluding carboxylic acids is 1. The number of terminal acetylenes is 1. The zero-order valence-corrected chi connectivity index (χ0v) is 9.52. The van der Waals surface area contributed by atoms with Crippen LogP contribution in [0.2, 0.25) is 0 Å². The Labute approximate surface area is 99.4 Å². The molecular formula is C12H13FN2O2. The first-order valence-corrected chi connectivity index (χ1v) is 5.02. The fourth-order valence-electron chi connectivity index (χ4n) is 1.25. The number of pyridine rings is 1. The molecule has 17 heavy (non-hydrogen) atoms. The van der Waals surface area contributed by atoms with Crippen LogP contribution in [0.25, 0.3) is 0 Å². The van der Waals surface area contributed by atoms with Gasteiger partial charge in [0.05, 0.1) is 18.7 Å². The quantitative estimate of drug-likeness (QED) is 0.564. The highest BCUT2D eigenvalue weighted by Crippen LogP contribution is 2.04. The van der Waals surface area contributed by atoms with Gasteiger partial charge in [-0.25, -0.2) is 4.98 Å². The molecule has 0 fully saturated rings. The van der Waals surface area contributed by atoms with Crippen LogP contribution in [0.1, 0.15) is 10.4 Å². The molecule has 0 saturated carbocycles. The van der Waals surface area contributed by atoms with Crippen LogP contribution < -0.4 is 0 Å². The molecule has 0 unspecified atom stereocenters. The Balaban J connectivity index is 2.76. The minimum Gasteiger partial charge on any atom is -0.383 e. The lowest BCUT2D eigenvalue weighted by Gasteiger charge is -2.19. The smallest absolute Gasteiger partial charge is 0.256 e. The van der Waals surface area contributed by atoms with Gasteiger partial charge in [0.15, 0.2) is 0 Å². The first kappa shape index (κ1) is 13.1. The lowest BCUT2D eigenvalue weighted by molar-refractivity contribution is 0.0721. The van der Waals surface area contributed by atoms with Crippen LogP contribution in [0.15, 0.2) is 18.3 Å². The van der Waals surface area contributed by atoms with E-state index >= 15 is 0 Å². The number of amides is 1. The number of hydrogen-bond donors (Lipinski definition) is 0. The van der Waals surface area contributed by atoms with Crippen molar-refractivity contribution in [2.45, 2.75) is 0 Å². The highest BCUT2D eigenvalue weighted by atomic mass is 19.1. The zero-order chi connectivity index (χ0) is 12.7. The molecule has 0 spiro atoms. The number of methoxy groups -OCH3 is 1. The third kappa shape index (κ3) is 3.85. The van der Waals surface area contributed by atoms with Gasteiger partial charge in [0, 0.05) is 19.9 Å². The molecule has 1 rings (SSSR count). The summed E-state index contributed by atoms with van der Waals surface area (Å²) >= 11 is 0. The van der Waals surface area contributed by atoms with Crippen LogP contribution >= 0.6 is 0 Å². The minimum absolute atomic E-state index is 0.180. The molecule has 0 aliphatic rings. The van der Waals surface area contributed by atoms with Gasteiger partial charge in [-0.15, -0.1) is 6.42 Å². The number of halogens is 1. The molecular weight excluding hydrogens is 223 g/mol. The van der Waals surface area contributed by atoms with Crippen molar-refractivity contribution < 1.29 is 13.9 Å². The van der Waals surface area contributed by atoms with Gasteiger partial charge >= 0.3 is 0 Å². The Kier molecular flexibility index (Phi) is 5.11. The van der Waals surface area contributed by atoms with E-state index in [1.165, 1.54) is 24.3 Å². The normalized spacial score (nSPS) is 9.71. The molecule has 0 saturated heterocycles. The first-order valence-electron chi connectivity index (χ1n) is 5.02. The van der Waals surface area contributed by atoms with Gasteiger partial charge in [0.25, 0.3) is 5.91 Å². The standard InChI is InChI=1S/C12H13FN2O2/c1-3-6-15(7-8-17-2)12(16)10-4-5-11(13)14-9-10/h1,4-5,9H,6-8H2,2H3. The second-order valence-electron chi connectivity index (χ2n) is 3.29. The number of aromatic nitrogens is 1. The Morgan fingerprint density at radius 1 is 1.65 bits per heavy atom. The van der Waals surface area contributed by atoms with E-state index < -0.39 is 5.95 Å². The summed E-state index contributed by atoms with van der Waals surface area (Å²) in [5.41, 5.74) is 0.303. The van der Waals surface area contributed by atoms with Crippen molar-refractivity contribution in [2.75, 3.05) is 26.8 Å². The van der Waals surface area contributed by atoms with Crippen LogP contribution in [0.5, 0.6) is 0 Å². The van der Waals surface area contributed by atoms with E-state index in [0.717, 1.165) is 6.07 Å². The number of nitrogens with zero attached hydrogens (tertiary/aromatic N) is 2. The topological polar surface area (TPSA) is 42.4 Å². The van der Waals surface area contributed by atoms with Crippen molar-refractivity contribution in [2.24, 2.45) is 0 Å². The lowest BCUT2D eigenvalue weighted by atomic mass is 10.2. The summed E-state index contributed by atoms with van der Waals surface area (Å²) < 4.78 is 17.5. The molecule has 0 aliphatic carbocycles. The summed E-state index contributed by atoms with van der Waals surface area (Å²) in [7, 11) is 1.54. The van der Waals surface area contributed by atoms with Crippen LogP contribution in [-0.2, 0) is 4.74 Å². The molecule has 1 aromatic rings. The Hall–Kier alpha value is -1.93. The molecule has 1 heterocycles. The summed E-state index contributed by atoms with van der Waals surface area (Å²) in [6.45, 7) is 0.957. The maximum absolute atomic E-state index is 12.6. The number of ether oxygens (including phenoxy) is 1. The molecule has 90 valence electrons. The molecule has 0 N–H and O–H groups in total. The number of rotatable bonds is 5. The average Bonchev–Trinajstić information content (AvgIpc) is 2.34. The molecule has 0 aromatic carbocycles. The summed E-state index contributed by atoms with van der Waals surface area (Å²) in [6.07, 6.45) is 6.37. The molecule has 5 heteroatoms. The number of carbonyl (C=O) groups is 1. The van der Waals surface area contributed by atoms with E-state index in [1.807, 2.05) is 0 Å². The summed E-state index contributed by atoms with van der Waals surface area (Å²) in [6, 6.07) is 2.51. The molecule has 1 amide bonds. The SMILES string of the molecule is C#CCN(CCOC)C(=O)c1ccc(F)nc1. The predicted molar refractivity (Wildman–Crippen MR) is 60.8 cm³/mol. The van der Waals surface area contributed by atoms with Gasteiger partial charge in [-0.3, -0.25) is 4.79 Å². The van der Waals surface area contributed by atoms with E-state index in [-0.39, 0.29) is 12.5 Å². The van der Waals surface area contributed by atoms with Gasteiger partial charge in [-0.1, -0.05) is 5.92 Å². The Morgan fingerprint density at radius 2 is 2.41 bits per heavy atom.